The average Bonchev–Trinajstić information content (AvgIpc) is 2.82. The number of aliphatic hydroxyl groups excluding tert-OH is 1. The Morgan fingerprint density at radius 1 is 1.30 bits per heavy atom. The van der Waals surface area contributed by atoms with Crippen molar-refractivity contribution in [3.63, 3.8) is 0 Å². The van der Waals surface area contributed by atoms with Crippen LogP contribution in [0.25, 0.3) is 10.9 Å². The molecule has 0 aliphatic carbocycles. The summed E-state index contributed by atoms with van der Waals surface area (Å²) in [5.41, 5.74) is 2.25. The van der Waals surface area contributed by atoms with E-state index in [-0.39, 0.29) is 6.10 Å². The van der Waals surface area contributed by atoms with Crippen molar-refractivity contribution in [2.45, 2.75) is 39.3 Å². The Balaban J connectivity index is 1.93. The lowest BCUT2D eigenvalue weighted by molar-refractivity contribution is 0.101. The fraction of sp³-hybridized carbons (Fsp3) is 0.500. The highest BCUT2D eigenvalue weighted by atomic mass is 35.5. The highest BCUT2D eigenvalue weighted by Gasteiger charge is 2.14. The minimum Gasteiger partial charge on any atom is -0.392 e. The van der Waals surface area contributed by atoms with Crippen LogP contribution in [0.15, 0.2) is 24.4 Å². The summed E-state index contributed by atoms with van der Waals surface area (Å²) in [5, 5.41) is 15.4. The number of halogens is 1. The highest BCUT2D eigenvalue weighted by molar-refractivity contribution is 6.31. The minimum atomic E-state index is -0.273. The summed E-state index contributed by atoms with van der Waals surface area (Å²) < 4.78 is 0. The number of hydrogen-bond acceptors (Lipinski definition) is 2. The van der Waals surface area contributed by atoms with Crippen LogP contribution in [-0.2, 0) is 6.54 Å². The predicted octanol–water partition coefficient (Wildman–Crippen LogP) is 3.71. The second-order valence-corrected chi connectivity index (χ2v) is 5.72. The van der Waals surface area contributed by atoms with Gasteiger partial charge in [0.1, 0.15) is 0 Å². The smallest absolute Gasteiger partial charge is 0.0692 e. The molecule has 2 rings (SSSR count). The number of aliphatic hydroxyl groups is 1. The zero-order chi connectivity index (χ0) is 14.5. The van der Waals surface area contributed by atoms with Crippen LogP contribution in [0.5, 0.6) is 0 Å². The van der Waals surface area contributed by atoms with E-state index in [0.29, 0.717) is 12.5 Å². The Labute approximate surface area is 125 Å². The van der Waals surface area contributed by atoms with Gasteiger partial charge in [-0.25, -0.2) is 0 Å². The molecule has 110 valence electrons. The van der Waals surface area contributed by atoms with E-state index in [4.69, 9.17) is 11.6 Å². The number of rotatable bonds is 7. The first-order chi connectivity index (χ1) is 9.65. The first-order valence-corrected chi connectivity index (χ1v) is 7.67. The van der Waals surface area contributed by atoms with E-state index in [1.165, 1.54) is 10.9 Å². The monoisotopic (exact) mass is 294 g/mol. The molecule has 0 amide bonds. The number of aromatic amines is 1. The number of fused-ring (bicyclic) bond motifs is 1. The van der Waals surface area contributed by atoms with Crippen molar-refractivity contribution in [3.8, 4) is 0 Å². The van der Waals surface area contributed by atoms with Gasteiger partial charge in [0.2, 0.25) is 0 Å². The summed E-state index contributed by atoms with van der Waals surface area (Å²) in [6, 6.07) is 5.86. The molecule has 2 aromatic rings. The number of benzene rings is 1. The third-order valence-electron chi connectivity index (χ3n) is 3.99. The van der Waals surface area contributed by atoms with Gasteiger partial charge in [-0.2, -0.15) is 0 Å². The zero-order valence-electron chi connectivity index (χ0n) is 12.1. The Morgan fingerprint density at radius 2 is 2.05 bits per heavy atom. The van der Waals surface area contributed by atoms with Crippen LogP contribution < -0.4 is 5.32 Å². The molecule has 3 N–H and O–H groups in total. The summed E-state index contributed by atoms with van der Waals surface area (Å²) in [6.07, 6.45) is 3.76. The molecule has 0 radical (unpaired) electrons. The van der Waals surface area contributed by atoms with E-state index in [0.717, 1.165) is 29.9 Å². The van der Waals surface area contributed by atoms with E-state index in [9.17, 15) is 5.11 Å². The molecular formula is C16H23ClN2O. The number of aromatic nitrogens is 1. The molecule has 20 heavy (non-hydrogen) atoms. The van der Waals surface area contributed by atoms with Gasteiger partial charge in [0.15, 0.2) is 0 Å². The van der Waals surface area contributed by atoms with Crippen molar-refractivity contribution in [2.24, 2.45) is 5.92 Å². The predicted molar refractivity (Wildman–Crippen MR) is 85.1 cm³/mol. The van der Waals surface area contributed by atoms with E-state index in [1.807, 2.05) is 24.4 Å². The van der Waals surface area contributed by atoms with Gasteiger partial charge in [0.25, 0.3) is 0 Å². The van der Waals surface area contributed by atoms with Crippen molar-refractivity contribution >= 4 is 22.5 Å². The highest BCUT2D eigenvalue weighted by Crippen LogP contribution is 2.22. The molecule has 4 heteroatoms. The van der Waals surface area contributed by atoms with Crippen LogP contribution in [0.1, 0.15) is 32.3 Å². The summed E-state index contributed by atoms with van der Waals surface area (Å²) in [4.78, 5) is 3.23. The molecule has 1 unspecified atom stereocenters. The van der Waals surface area contributed by atoms with Crippen LogP contribution in [0.3, 0.4) is 0 Å². The molecule has 0 fully saturated rings. The van der Waals surface area contributed by atoms with Crippen molar-refractivity contribution in [3.05, 3.63) is 35.0 Å². The van der Waals surface area contributed by atoms with Crippen LogP contribution in [0, 0.1) is 5.92 Å². The lowest BCUT2D eigenvalue weighted by atomic mass is 9.96. The van der Waals surface area contributed by atoms with Gasteiger partial charge in [0, 0.05) is 35.2 Å². The molecule has 0 saturated heterocycles. The second kappa shape index (κ2) is 7.11. The molecule has 3 nitrogen and oxygen atoms in total. The van der Waals surface area contributed by atoms with Gasteiger partial charge in [0.05, 0.1) is 6.10 Å². The quantitative estimate of drug-likeness (QED) is 0.729. The third kappa shape index (κ3) is 3.54. The summed E-state index contributed by atoms with van der Waals surface area (Å²) in [6.45, 7) is 5.63. The Morgan fingerprint density at radius 3 is 2.75 bits per heavy atom. The third-order valence-corrected chi connectivity index (χ3v) is 4.23. The van der Waals surface area contributed by atoms with Crippen LogP contribution in [0.4, 0.5) is 0 Å². The normalized spacial score (nSPS) is 13.2. The lowest BCUT2D eigenvalue weighted by Gasteiger charge is -2.20. The number of hydrogen-bond donors (Lipinski definition) is 3. The molecule has 1 aromatic heterocycles. The van der Waals surface area contributed by atoms with Crippen LogP contribution >= 0.6 is 11.6 Å². The molecule has 0 bridgehead atoms. The largest absolute Gasteiger partial charge is 0.392 e. The first kappa shape index (κ1) is 15.4. The van der Waals surface area contributed by atoms with Crippen molar-refractivity contribution in [1.29, 1.82) is 0 Å². The van der Waals surface area contributed by atoms with Crippen molar-refractivity contribution in [2.75, 3.05) is 6.54 Å². The zero-order valence-corrected chi connectivity index (χ0v) is 12.9. The van der Waals surface area contributed by atoms with E-state index in [1.54, 1.807) is 0 Å². The van der Waals surface area contributed by atoms with Crippen LogP contribution in [-0.4, -0.2) is 22.7 Å². The fourth-order valence-electron chi connectivity index (χ4n) is 2.66. The SMILES string of the molecule is CCC(CC)C(O)CNCc1c[nH]c2cc(Cl)ccc12. The van der Waals surface area contributed by atoms with Crippen LogP contribution in [0.2, 0.25) is 5.02 Å². The maximum absolute atomic E-state index is 10.1. The number of nitrogens with one attached hydrogen (secondary N) is 2. The fourth-order valence-corrected chi connectivity index (χ4v) is 2.83. The molecule has 0 aliphatic rings. The molecule has 0 aliphatic heterocycles. The Kier molecular flexibility index (Phi) is 5.46. The summed E-state index contributed by atoms with van der Waals surface area (Å²) in [7, 11) is 0. The standard InChI is InChI=1S/C16H23ClN2O/c1-3-11(4-2)16(20)10-18-8-12-9-19-15-7-13(17)5-6-14(12)15/h5-7,9,11,16,18-20H,3-4,8,10H2,1-2H3. The Hall–Kier alpha value is -1.03. The average molecular weight is 295 g/mol. The molecule has 1 aromatic carbocycles. The summed E-state index contributed by atoms with van der Waals surface area (Å²) in [5.74, 6) is 0.379. The minimum absolute atomic E-state index is 0.273. The van der Waals surface area contributed by atoms with Crippen molar-refractivity contribution in [1.82, 2.24) is 10.3 Å². The molecule has 0 spiro atoms. The van der Waals surface area contributed by atoms with Gasteiger partial charge < -0.3 is 15.4 Å². The lowest BCUT2D eigenvalue weighted by Crippen LogP contribution is -2.32. The van der Waals surface area contributed by atoms with Gasteiger partial charge in [-0.15, -0.1) is 0 Å². The first-order valence-electron chi connectivity index (χ1n) is 7.30. The summed E-state index contributed by atoms with van der Waals surface area (Å²) >= 11 is 5.97. The maximum atomic E-state index is 10.1. The van der Waals surface area contributed by atoms with Crippen molar-refractivity contribution < 1.29 is 5.11 Å². The van der Waals surface area contributed by atoms with E-state index >= 15 is 0 Å². The second-order valence-electron chi connectivity index (χ2n) is 5.28. The van der Waals surface area contributed by atoms with Gasteiger partial charge in [-0.1, -0.05) is 44.4 Å². The van der Waals surface area contributed by atoms with E-state index in [2.05, 4.69) is 24.1 Å². The molecular weight excluding hydrogens is 272 g/mol. The Bertz CT molecular complexity index is 548. The van der Waals surface area contributed by atoms with E-state index < -0.39 is 0 Å². The molecule has 1 heterocycles. The molecule has 0 saturated carbocycles. The maximum Gasteiger partial charge on any atom is 0.0692 e. The molecule has 1 atom stereocenters. The topological polar surface area (TPSA) is 48.0 Å². The van der Waals surface area contributed by atoms with Gasteiger partial charge >= 0.3 is 0 Å². The van der Waals surface area contributed by atoms with Gasteiger partial charge in [-0.05, 0) is 23.6 Å². The van der Waals surface area contributed by atoms with Gasteiger partial charge in [-0.3, -0.25) is 0 Å². The number of H-pyrrole nitrogens is 1.